The Morgan fingerprint density at radius 3 is 0.859 bits per heavy atom. The number of nitrogens with zero attached hydrogens (tertiary/aromatic N) is 8. The van der Waals surface area contributed by atoms with Gasteiger partial charge in [0.2, 0.25) is 0 Å². The van der Waals surface area contributed by atoms with E-state index in [-0.39, 0.29) is 127 Å². The first kappa shape index (κ1) is 67.9. The van der Waals surface area contributed by atoms with E-state index in [1.807, 2.05) is 0 Å². The van der Waals surface area contributed by atoms with Gasteiger partial charge in [0.15, 0.2) is 0 Å². The molecule has 0 N–H and O–H groups in total. The second-order valence-electron chi connectivity index (χ2n) is 10.3. The zero-order valence-electron chi connectivity index (χ0n) is 35.4. The van der Waals surface area contributed by atoms with Gasteiger partial charge in [0.1, 0.15) is 23.0 Å². The predicted molar refractivity (Wildman–Crippen MR) is 233 cm³/mol. The Bertz CT molecular complexity index is 1900. The molecule has 0 amide bonds. The minimum Gasteiger partial charge on any atom is -0.870 e. The fourth-order valence-electron chi connectivity index (χ4n) is 4.06. The summed E-state index contributed by atoms with van der Waals surface area (Å²) in [5.74, 6) is 0.380. The minimum atomic E-state index is -1.75. The molecule has 4 rings (SSSR count). The fourth-order valence-corrected chi connectivity index (χ4v) is 4.06. The zero-order valence-corrected chi connectivity index (χ0v) is 46.1. The van der Waals surface area contributed by atoms with Crippen molar-refractivity contribution in [2.45, 2.75) is 6.92 Å². The van der Waals surface area contributed by atoms with Gasteiger partial charge < -0.3 is 65.5 Å². The van der Waals surface area contributed by atoms with Crippen LogP contribution >= 0.6 is 24.4 Å². The quantitative estimate of drug-likeness (QED) is 0.0423. The molecule has 19 nitrogen and oxygen atoms in total. The van der Waals surface area contributed by atoms with Crippen LogP contribution in [0.2, 0.25) is 0 Å². The number of hydrogen-bond donors (Lipinski definition) is 0. The summed E-state index contributed by atoms with van der Waals surface area (Å²) < 4.78 is 19.9. The fraction of sp³-hybridized carbons (Fsp3) is 0.225. The number of methoxy groups -OCH3 is 4. The summed E-state index contributed by atoms with van der Waals surface area (Å²) in [6.07, 6.45) is 6.02. The average Bonchev–Trinajstić information content (AvgIpc) is 3.23. The van der Waals surface area contributed by atoms with Gasteiger partial charge in [0.25, 0.3) is 0 Å². The maximum atomic E-state index is 11.9. The molecule has 4 aromatic carbocycles. The number of benzene rings is 4. The van der Waals surface area contributed by atoms with E-state index in [4.69, 9.17) is 50.3 Å². The summed E-state index contributed by atoms with van der Waals surface area (Å²) >= 11 is 7.40. The first-order valence-corrected chi connectivity index (χ1v) is 17.6. The Balaban J connectivity index is -0.000000275. The van der Waals surface area contributed by atoms with Crippen LogP contribution in [0.1, 0.15) is 29.2 Å². The van der Waals surface area contributed by atoms with Crippen LogP contribution < -0.4 is 39.4 Å². The third-order valence-corrected chi connectivity index (χ3v) is 6.55. The molecule has 0 saturated carbocycles. The van der Waals surface area contributed by atoms with Crippen molar-refractivity contribution in [1.29, 1.82) is 5.26 Å². The van der Waals surface area contributed by atoms with Gasteiger partial charge >= 0.3 is 80.7 Å². The SMILES string of the molecule is CC#N.COc1cccc(C=NCCN=Cc2cccc(OC)c2[O-])c1[O-].COc1cccc(C=NCCN=Cc2cccc(OC)c2[O-])c1[O-].O=[N+]([O-])[O-].[Ce+3].[N-]=C=S.[N-]=C=S.[Zn+2].[Zn+2]. The molecule has 0 heterocycles. The topological polar surface area (TPSA) is 313 Å². The largest absolute Gasteiger partial charge is 3.00 e. The van der Waals surface area contributed by atoms with Crippen LogP contribution in [0.3, 0.4) is 0 Å². The van der Waals surface area contributed by atoms with Crippen molar-refractivity contribution in [3.63, 3.8) is 0 Å². The van der Waals surface area contributed by atoms with Crippen LogP contribution in [0, 0.1) is 68.4 Å². The van der Waals surface area contributed by atoms with Crippen molar-refractivity contribution in [2.75, 3.05) is 54.6 Å². The number of aliphatic imine (C=N–C) groups is 4. The molecule has 0 bridgehead atoms. The van der Waals surface area contributed by atoms with E-state index in [1.54, 1.807) is 78.9 Å². The molecule has 64 heavy (non-hydrogen) atoms. The summed E-state index contributed by atoms with van der Waals surface area (Å²) in [7, 11) is 5.81. The minimum absolute atomic E-state index is 0. The summed E-state index contributed by atoms with van der Waals surface area (Å²) in [6.45, 7) is 3.06. The van der Waals surface area contributed by atoms with Gasteiger partial charge in [-0.1, -0.05) is 96.0 Å². The maximum absolute atomic E-state index is 11.9. The van der Waals surface area contributed by atoms with E-state index in [2.05, 4.69) is 44.4 Å². The van der Waals surface area contributed by atoms with Crippen LogP contribution in [-0.4, -0.2) is 94.9 Å². The van der Waals surface area contributed by atoms with Crippen molar-refractivity contribution in [2.24, 2.45) is 20.0 Å². The Kier molecular flexibility index (Phi) is 47.2. The normalized spacial score (nSPS) is 9.19. The summed E-state index contributed by atoms with van der Waals surface area (Å²) in [4.78, 5) is 24.9. The Labute approximate surface area is 440 Å². The summed E-state index contributed by atoms with van der Waals surface area (Å²) in [5.41, 5.74) is 1.86. The van der Waals surface area contributed by atoms with Crippen LogP contribution in [0.15, 0.2) is 92.8 Å². The van der Waals surface area contributed by atoms with Crippen molar-refractivity contribution < 1.29 is 125 Å². The molecule has 0 fully saturated rings. The average molecular weight is 1140 g/mol. The van der Waals surface area contributed by atoms with Gasteiger partial charge in [0, 0.05) is 31.8 Å². The molecule has 0 aliphatic carbocycles. The van der Waals surface area contributed by atoms with Crippen molar-refractivity contribution in [3.05, 3.63) is 121 Å². The summed E-state index contributed by atoms with van der Waals surface area (Å²) in [5, 5.41) is 86.6. The summed E-state index contributed by atoms with van der Waals surface area (Å²) in [6, 6.07) is 21.8. The number of thiocarbonyl (C=S) groups is 2. The number of para-hydroxylation sites is 4. The number of ether oxygens (including phenoxy) is 4. The smallest absolute Gasteiger partial charge is 0.870 e. The molecular formula is C40H39CeN8O11S2Zn2. The zero-order chi connectivity index (χ0) is 46.4. The van der Waals surface area contributed by atoms with Crippen LogP contribution in [0.25, 0.3) is 10.8 Å². The third kappa shape index (κ3) is 30.0. The van der Waals surface area contributed by atoms with Gasteiger partial charge in [-0.2, -0.15) is 15.6 Å². The van der Waals surface area contributed by atoms with Gasteiger partial charge in [-0.25, -0.2) is 0 Å². The first-order chi connectivity index (χ1) is 29.3. The molecule has 0 unspecified atom stereocenters. The van der Waals surface area contributed by atoms with Gasteiger partial charge in [-0.15, -0.1) is 0 Å². The maximum Gasteiger partial charge on any atom is 3.00 e. The molecule has 0 atom stereocenters. The van der Waals surface area contributed by atoms with E-state index in [0.29, 0.717) is 48.4 Å². The predicted octanol–water partition coefficient (Wildman–Crippen LogP) is 4.38. The molecule has 0 spiro atoms. The Hall–Kier alpha value is -5.13. The number of isothiocyanates is 2. The van der Waals surface area contributed by atoms with E-state index >= 15 is 0 Å². The van der Waals surface area contributed by atoms with Crippen molar-refractivity contribution >= 4 is 59.6 Å². The Morgan fingerprint density at radius 1 is 0.562 bits per heavy atom. The van der Waals surface area contributed by atoms with Crippen LogP contribution in [0.5, 0.6) is 46.0 Å². The molecule has 4 aromatic rings. The molecule has 0 aliphatic rings. The van der Waals surface area contributed by atoms with Gasteiger partial charge in [-0.05, 0) is 46.5 Å². The van der Waals surface area contributed by atoms with Gasteiger partial charge in [0.05, 0.1) is 65.8 Å². The molecule has 0 aromatic heterocycles. The first-order valence-electron chi connectivity index (χ1n) is 16.8. The molecule has 1 radical (unpaired) electrons. The monoisotopic (exact) mass is 1140 g/mol. The molecule has 0 aliphatic heterocycles. The van der Waals surface area contributed by atoms with Crippen LogP contribution in [-0.2, 0) is 39.0 Å². The van der Waals surface area contributed by atoms with Crippen LogP contribution in [0.4, 0.5) is 0 Å². The number of rotatable bonds is 14. The Morgan fingerprint density at radius 2 is 0.719 bits per heavy atom. The van der Waals surface area contributed by atoms with E-state index in [0.717, 1.165) is 0 Å². The molecule has 0 saturated heterocycles. The molecular weight excluding hydrogens is 1100 g/mol. The molecule has 24 heteroatoms. The van der Waals surface area contributed by atoms with E-state index < -0.39 is 5.09 Å². The second-order valence-corrected chi connectivity index (χ2v) is 10.7. The molecule has 325 valence electrons. The number of hydrogen-bond acceptors (Lipinski definition) is 18. The van der Waals surface area contributed by atoms with Crippen molar-refractivity contribution in [3.8, 4) is 52.1 Å². The van der Waals surface area contributed by atoms with E-state index in [1.165, 1.54) is 70.5 Å². The van der Waals surface area contributed by atoms with Crippen molar-refractivity contribution in [1.82, 2.24) is 0 Å². The van der Waals surface area contributed by atoms with E-state index in [9.17, 15) is 20.4 Å². The van der Waals surface area contributed by atoms with Gasteiger partial charge in [-0.3, -0.25) is 20.0 Å². The second kappa shape index (κ2) is 44.5. The standard InChI is InChI=1S/2C18H20N2O4.C2H3N.2CNS.Ce.NO3.2Zn/c2*1-23-15-7-3-5-13(17(15)21)11-19-9-10-20-12-14-6-4-8-16(24-2)18(14)22;1-2-3;2*2-1-3;;2-1(3)4;;/h2*3-8,11-12,21-22H,9-10H2,1-2H3;1H3;;;;;;/q;;;2*-1;+3;-1;2*+2/p-4. The number of nitriles is 1. The third-order valence-electron chi connectivity index (χ3n) is 6.55.